The Morgan fingerprint density at radius 1 is 0.919 bits per heavy atom. The number of likely N-dealkylation sites (tertiary alicyclic amines) is 1. The summed E-state index contributed by atoms with van der Waals surface area (Å²) in [7, 11) is 0. The summed E-state index contributed by atoms with van der Waals surface area (Å²) in [5, 5.41) is 8.56. The molecular weight excluding hydrogens is 468 g/mol. The van der Waals surface area contributed by atoms with Gasteiger partial charge in [0.25, 0.3) is 0 Å². The quantitative estimate of drug-likeness (QED) is 0.371. The van der Waals surface area contributed by atoms with Crippen molar-refractivity contribution < 1.29 is 19.1 Å². The van der Waals surface area contributed by atoms with Crippen molar-refractivity contribution in [2.75, 3.05) is 31.5 Å². The van der Waals surface area contributed by atoms with Crippen LogP contribution in [-0.2, 0) is 11.3 Å². The molecule has 8 nitrogen and oxygen atoms in total. The number of anilines is 1. The van der Waals surface area contributed by atoms with Gasteiger partial charge < -0.3 is 20.3 Å². The third kappa shape index (κ3) is 7.91. The number of nitrogens with zero attached hydrogens (tertiary/aromatic N) is 1. The molecule has 1 saturated heterocycles. The lowest BCUT2D eigenvalue weighted by Gasteiger charge is -2.31. The number of piperidine rings is 1. The molecule has 0 bridgehead atoms. The van der Waals surface area contributed by atoms with Crippen LogP contribution in [0.25, 0.3) is 11.1 Å². The molecule has 3 aromatic rings. The Balaban J connectivity index is 1.14. The Kier molecular flexibility index (Phi) is 9.26. The Hall–Kier alpha value is -4.17. The first-order chi connectivity index (χ1) is 18.1. The fraction of sp³-hybridized carbons (Fsp3) is 0.276. The van der Waals surface area contributed by atoms with Crippen LogP contribution >= 0.6 is 0 Å². The molecule has 0 atom stereocenters. The normalized spacial score (nSPS) is 13.9. The zero-order valence-corrected chi connectivity index (χ0v) is 20.7. The molecule has 1 heterocycles. The summed E-state index contributed by atoms with van der Waals surface area (Å²) in [6, 6.07) is 24.5. The van der Waals surface area contributed by atoms with Gasteiger partial charge in [0.2, 0.25) is 0 Å². The van der Waals surface area contributed by atoms with E-state index in [1.807, 2.05) is 60.7 Å². The van der Waals surface area contributed by atoms with Crippen LogP contribution in [0.15, 0.2) is 78.9 Å². The van der Waals surface area contributed by atoms with Gasteiger partial charge in [-0.15, -0.1) is 0 Å². The van der Waals surface area contributed by atoms with Gasteiger partial charge in [-0.05, 0) is 36.1 Å². The molecule has 0 unspecified atom stereocenters. The van der Waals surface area contributed by atoms with E-state index >= 15 is 0 Å². The minimum atomic E-state index is -0.446. The predicted molar refractivity (Wildman–Crippen MR) is 144 cm³/mol. The van der Waals surface area contributed by atoms with Crippen molar-refractivity contribution in [2.24, 2.45) is 0 Å². The summed E-state index contributed by atoms with van der Waals surface area (Å²) >= 11 is 0. The second-order valence-corrected chi connectivity index (χ2v) is 8.96. The summed E-state index contributed by atoms with van der Waals surface area (Å²) in [5.41, 5.74) is 4.15. The maximum Gasteiger partial charge on any atom is 0.411 e. The lowest BCUT2D eigenvalue weighted by molar-refractivity contribution is 0.0594. The number of benzene rings is 3. The topological polar surface area (TPSA) is 99.8 Å². The van der Waals surface area contributed by atoms with Gasteiger partial charge in [-0.3, -0.25) is 10.1 Å². The molecule has 1 aliphatic rings. The van der Waals surface area contributed by atoms with Crippen molar-refractivity contribution in [3.63, 3.8) is 0 Å². The highest BCUT2D eigenvalue weighted by atomic mass is 16.6. The number of urea groups is 1. The fourth-order valence-electron chi connectivity index (χ4n) is 4.35. The Bertz CT molecular complexity index is 1190. The average Bonchev–Trinajstić information content (AvgIpc) is 2.94. The largest absolute Gasteiger partial charge is 0.446 e. The van der Waals surface area contributed by atoms with Crippen LogP contribution in [0.4, 0.5) is 15.3 Å². The van der Waals surface area contributed by atoms with E-state index in [1.165, 1.54) is 0 Å². The van der Waals surface area contributed by atoms with Crippen LogP contribution in [0, 0.1) is 0 Å². The van der Waals surface area contributed by atoms with E-state index in [-0.39, 0.29) is 12.1 Å². The molecule has 0 spiro atoms. The highest BCUT2D eigenvalue weighted by molar-refractivity contribution is 5.91. The van der Waals surface area contributed by atoms with Gasteiger partial charge in [-0.25, -0.2) is 9.59 Å². The average molecular weight is 501 g/mol. The standard InChI is InChI=1S/C29H32N4O4/c34-21-23-8-6-7-22(19-23)20-31-28(35)30-15-18-33-16-13-25(14-17-33)37-29(36)32-27-12-5-4-11-26(27)24-9-2-1-3-10-24/h1-12,19,21,25H,13-18,20H2,(H,32,36)(H2,30,31,35). The van der Waals surface area contributed by atoms with Crippen molar-refractivity contribution in [1.29, 1.82) is 0 Å². The van der Waals surface area contributed by atoms with Crippen LogP contribution in [0.1, 0.15) is 28.8 Å². The van der Waals surface area contributed by atoms with Crippen LogP contribution in [0.3, 0.4) is 0 Å². The summed E-state index contributed by atoms with van der Waals surface area (Å²) in [5.74, 6) is 0. The first-order valence-corrected chi connectivity index (χ1v) is 12.5. The number of para-hydroxylation sites is 1. The minimum absolute atomic E-state index is 0.140. The third-order valence-electron chi connectivity index (χ3n) is 6.31. The number of carbonyl (C=O) groups excluding carboxylic acids is 3. The predicted octanol–water partition coefficient (Wildman–Crippen LogP) is 4.68. The Morgan fingerprint density at radius 2 is 1.68 bits per heavy atom. The monoisotopic (exact) mass is 500 g/mol. The van der Waals surface area contributed by atoms with E-state index in [4.69, 9.17) is 4.74 Å². The van der Waals surface area contributed by atoms with Gasteiger partial charge in [0.1, 0.15) is 12.4 Å². The van der Waals surface area contributed by atoms with Gasteiger partial charge in [0.05, 0.1) is 5.69 Å². The number of hydrogen-bond acceptors (Lipinski definition) is 5. The van der Waals surface area contributed by atoms with E-state index in [0.29, 0.717) is 18.7 Å². The molecule has 37 heavy (non-hydrogen) atoms. The fourth-order valence-corrected chi connectivity index (χ4v) is 4.35. The second-order valence-electron chi connectivity index (χ2n) is 8.96. The highest BCUT2D eigenvalue weighted by Gasteiger charge is 2.22. The Morgan fingerprint density at radius 3 is 2.46 bits per heavy atom. The van der Waals surface area contributed by atoms with Crippen LogP contribution in [0.5, 0.6) is 0 Å². The molecule has 0 aliphatic carbocycles. The lowest BCUT2D eigenvalue weighted by atomic mass is 10.0. The first-order valence-electron chi connectivity index (χ1n) is 12.5. The molecule has 4 rings (SSSR count). The molecule has 1 fully saturated rings. The molecule has 3 amide bonds. The van der Waals surface area contributed by atoms with E-state index in [2.05, 4.69) is 20.9 Å². The minimum Gasteiger partial charge on any atom is -0.446 e. The number of ether oxygens (including phenoxy) is 1. The molecule has 1 aliphatic heterocycles. The summed E-state index contributed by atoms with van der Waals surface area (Å²) in [6.07, 6.45) is 1.69. The lowest BCUT2D eigenvalue weighted by Crippen LogP contribution is -2.44. The van der Waals surface area contributed by atoms with Gasteiger partial charge in [-0.1, -0.05) is 66.7 Å². The number of carbonyl (C=O) groups is 3. The molecule has 0 saturated carbocycles. The highest BCUT2D eigenvalue weighted by Crippen LogP contribution is 2.28. The first kappa shape index (κ1) is 25.9. The van der Waals surface area contributed by atoms with Gasteiger partial charge in [-0.2, -0.15) is 0 Å². The molecular formula is C29H32N4O4. The molecule has 8 heteroatoms. The number of aldehydes is 1. The van der Waals surface area contributed by atoms with E-state index in [1.54, 1.807) is 18.2 Å². The molecule has 3 aromatic carbocycles. The van der Waals surface area contributed by atoms with Crippen molar-refractivity contribution in [3.05, 3.63) is 90.0 Å². The summed E-state index contributed by atoms with van der Waals surface area (Å²) < 4.78 is 5.69. The van der Waals surface area contributed by atoms with Crippen LogP contribution in [-0.4, -0.2) is 55.6 Å². The Labute approximate surface area is 217 Å². The van der Waals surface area contributed by atoms with Crippen LogP contribution < -0.4 is 16.0 Å². The smallest absolute Gasteiger partial charge is 0.411 e. The zero-order valence-electron chi connectivity index (χ0n) is 20.7. The number of amides is 3. The maximum absolute atomic E-state index is 12.6. The van der Waals surface area contributed by atoms with Gasteiger partial charge in [0, 0.05) is 43.9 Å². The van der Waals surface area contributed by atoms with E-state index in [0.717, 1.165) is 61.1 Å². The van der Waals surface area contributed by atoms with Gasteiger partial charge in [0.15, 0.2) is 0 Å². The number of hydrogen-bond donors (Lipinski definition) is 3. The van der Waals surface area contributed by atoms with E-state index in [9.17, 15) is 14.4 Å². The second kappa shape index (κ2) is 13.2. The maximum atomic E-state index is 12.6. The van der Waals surface area contributed by atoms with Crippen LogP contribution in [0.2, 0.25) is 0 Å². The molecule has 0 radical (unpaired) electrons. The SMILES string of the molecule is O=Cc1cccc(CNC(=O)NCCN2CCC(OC(=O)Nc3ccccc3-c3ccccc3)CC2)c1. The summed E-state index contributed by atoms with van der Waals surface area (Å²) in [6.45, 7) is 3.18. The van der Waals surface area contributed by atoms with Crippen molar-refractivity contribution in [2.45, 2.75) is 25.5 Å². The van der Waals surface area contributed by atoms with Crippen molar-refractivity contribution in [3.8, 4) is 11.1 Å². The number of nitrogens with one attached hydrogen (secondary N) is 3. The summed E-state index contributed by atoms with van der Waals surface area (Å²) in [4.78, 5) is 37.8. The number of rotatable bonds is 9. The van der Waals surface area contributed by atoms with Crippen molar-refractivity contribution >= 4 is 24.1 Å². The van der Waals surface area contributed by atoms with Crippen molar-refractivity contribution in [1.82, 2.24) is 15.5 Å². The molecule has 0 aromatic heterocycles. The zero-order chi connectivity index (χ0) is 25.9. The third-order valence-corrected chi connectivity index (χ3v) is 6.31. The molecule has 192 valence electrons. The van der Waals surface area contributed by atoms with E-state index < -0.39 is 6.09 Å². The molecule has 3 N–H and O–H groups in total. The van der Waals surface area contributed by atoms with Gasteiger partial charge >= 0.3 is 12.1 Å².